The minimum absolute atomic E-state index is 0.395. The van der Waals surface area contributed by atoms with Gasteiger partial charge in [0.25, 0.3) is 0 Å². The maximum Gasteiger partial charge on any atom is 0.515 e. The fourth-order valence-electron chi connectivity index (χ4n) is 17.1. The average molecular weight is 1740 g/mol. The van der Waals surface area contributed by atoms with Crippen molar-refractivity contribution in [1.82, 2.24) is 39.9 Å². The molecule has 5 heterocycles. The van der Waals surface area contributed by atoms with E-state index in [0.717, 1.165) is 126 Å². The van der Waals surface area contributed by atoms with Crippen LogP contribution in [0.1, 0.15) is 27.7 Å². The van der Waals surface area contributed by atoms with Crippen LogP contribution in [0.15, 0.2) is 441 Å². The third-order valence-corrected chi connectivity index (χ3v) is 25.3. The SMILES string of the molecule is Brc1cccc(-c2cccc(-c3ccc(-c4nc(-c5ccccc5)nc(-c5ccc(-c6ccccc6)cc5)n4)cc3)c2)c1.CC1(C)OB(c2nc3ccccc3c3cc4ccccc4cc23)OC1(C)C.c1ccc(-c2ccc(-c3nc(-c4ccccc4)nc(-c4ccc(-c5cccc(-c6cccc(-c7nc8ccccc8c8cc9ccccc9cc78)c6)c5)cc4)n3)cc2)cc1. The molecule has 618 valence electrons. The Hall–Kier alpha value is -15.7. The monoisotopic (exact) mass is 1730 g/mol. The van der Waals surface area contributed by atoms with E-state index in [0.29, 0.717) is 34.9 Å². The van der Waals surface area contributed by atoms with Gasteiger partial charge in [-0.2, -0.15) is 0 Å². The van der Waals surface area contributed by atoms with Gasteiger partial charge in [-0.3, -0.25) is 4.98 Å². The molecule has 130 heavy (non-hydrogen) atoms. The van der Waals surface area contributed by atoms with Crippen molar-refractivity contribution >= 4 is 93.5 Å². The van der Waals surface area contributed by atoms with E-state index in [1.165, 1.54) is 60.0 Å². The minimum Gasteiger partial charge on any atom is -0.398 e. The molecule has 0 aliphatic carbocycles. The first-order valence-corrected chi connectivity index (χ1v) is 44.6. The van der Waals surface area contributed by atoms with Crippen LogP contribution in [0.3, 0.4) is 0 Å². The van der Waals surface area contributed by atoms with Crippen molar-refractivity contribution < 1.29 is 9.31 Å². The summed E-state index contributed by atoms with van der Waals surface area (Å²) in [6.07, 6.45) is 0. The second-order valence-electron chi connectivity index (χ2n) is 33.7. The zero-order chi connectivity index (χ0) is 87.7. The predicted molar refractivity (Wildman–Crippen MR) is 541 cm³/mol. The van der Waals surface area contributed by atoms with Crippen molar-refractivity contribution in [1.29, 1.82) is 0 Å². The molecule has 0 N–H and O–H groups in total. The quantitative estimate of drug-likeness (QED) is 0.0591. The van der Waals surface area contributed by atoms with Gasteiger partial charge in [0.2, 0.25) is 0 Å². The van der Waals surface area contributed by atoms with Crippen LogP contribution in [0.2, 0.25) is 0 Å². The van der Waals surface area contributed by atoms with Gasteiger partial charge in [-0.05, 0) is 194 Å². The summed E-state index contributed by atoms with van der Waals surface area (Å²) >= 11 is 3.59. The first kappa shape index (κ1) is 81.4. The molecule has 0 atom stereocenters. The third kappa shape index (κ3) is 16.9. The third-order valence-electron chi connectivity index (χ3n) is 24.8. The smallest absolute Gasteiger partial charge is 0.398 e. The Labute approximate surface area is 763 Å². The maximum absolute atomic E-state index is 6.33. The number of pyridine rings is 2. The van der Waals surface area contributed by atoms with E-state index in [1.54, 1.807) is 0 Å². The number of rotatable bonds is 14. The number of nitrogens with zero attached hydrogens (tertiary/aromatic N) is 8. The Morgan fingerprint density at radius 2 is 0.438 bits per heavy atom. The fourth-order valence-corrected chi connectivity index (χ4v) is 17.5. The molecule has 18 aromatic carbocycles. The summed E-state index contributed by atoms with van der Waals surface area (Å²) in [5.41, 5.74) is 23.6. The van der Waals surface area contributed by atoms with E-state index >= 15 is 0 Å². The number of benzene rings is 18. The van der Waals surface area contributed by atoms with Crippen LogP contribution in [0.4, 0.5) is 0 Å². The van der Waals surface area contributed by atoms with E-state index in [2.05, 4.69) is 395 Å². The number of hydrogen-bond donors (Lipinski definition) is 0. The van der Waals surface area contributed by atoms with Crippen molar-refractivity contribution in [2.75, 3.05) is 0 Å². The van der Waals surface area contributed by atoms with Crippen LogP contribution in [0.25, 0.3) is 211 Å². The summed E-state index contributed by atoms with van der Waals surface area (Å²) in [7, 11) is -0.483. The van der Waals surface area contributed by atoms with Gasteiger partial charge in [0.05, 0.1) is 33.5 Å². The summed E-state index contributed by atoms with van der Waals surface area (Å²) in [5, 5.41) is 11.8. The number of para-hydroxylation sites is 2. The number of hydrogen-bond acceptors (Lipinski definition) is 10. The summed E-state index contributed by atoms with van der Waals surface area (Å²) in [6, 6.07) is 152. The Morgan fingerprint density at radius 3 is 0.815 bits per heavy atom. The van der Waals surface area contributed by atoms with Crippen molar-refractivity contribution in [2.24, 2.45) is 0 Å². The molecule has 0 bridgehead atoms. The molecule has 0 spiro atoms. The maximum atomic E-state index is 6.33. The second kappa shape index (κ2) is 35.3. The van der Waals surface area contributed by atoms with Gasteiger partial charge in [0.1, 0.15) is 0 Å². The summed E-state index contributed by atoms with van der Waals surface area (Å²) in [6.45, 7) is 8.30. The van der Waals surface area contributed by atoms with Gasteiger partial charge in [-0.15, -0.1) is 0 Å². The molecule has 1 aliphatic heterocycles. The number of fused-ring (bicyclic) bond motifs is 8. The van der Waals surface area contributed by atoms with E-state index in [-0.39, 0.29) is 0 Å². The molecule has 0 unspecified atom stereocenters. The van der Waals surface area contributed by atoms with E-state index in [1.807, 2.05) is 84.9 Å². The highest BCUT2D eigenvalue weighted by atomic mass is 79.9. The highest BCUT2D eigenvalue weighted by Crippen LogP contribution is 2.42. The lowest BCUT2D eigenvalue weighted by molar-refractivity contribution is 0.00578. The lowest BCUT2D eigenvalue weighted by Gasteiger charge is -2.32. The van der Waals surface area contributed by atoms with Crippen LogP contribution in [-0.2, 0) is 9.31 Å². The highest BCUT2D eigenvalue weighted by Gasteiger charge is 2.53. The zero-order valence-electron chi connectivity index (χ0n) is 71.9. The van der Waals surface area contributed by atoms with Gasteiger partial charge >= 0.3 is 7.12 Å². The van der Waals surface area contributed by atoms with Crippen molar-refractivity contribution in [3.63, 3.8) is 0 Å². The molecular formula is C118H84BBrN8O2. The molecule has 1 saturated heterocycles. The normalized spacial score (nSPS) is 12.7. The van der Waals surface area contributed by atoms with Crippen LogP contribution in [0.5, 0.6) is 0 Å². The van der Waals surface area contributed by atoms with Crippen molar-refractivity contribution in [2.45, 2.75) is 38.9 Å². The van der Waals surface area contributed by atoms with Crippen molar-refractivity contribution in [3.8, 4) is 146 Å². The van der Waals surface area contributed by atoms with Crippen LogP contribution < -0.4 is 5.59 Å². The van der Waals surface area contributed by atoms with Gasteiger partial charge in [0.15, 0.2) is 34.9 Å². The first-order chi connectivity index (χ1) is 63.7. The van der Waals surface area contributed by atoms with Gasteiger partial charge in [0, 0.05) is 65.0 Å². The standard InChI is InChI=1S/C56H36N4.C39H26BrN3.C23H22BNO2/c1-3-13-37(14-4-1)38-25-29-41(30-26-38)55-58-54(40-15-5-2-6-16-40)59-56(60-55)42-31-27-39(28-32-42)43-19-11-20-44(33-43)45-21-12-22-48(34-45)53-51-36-47-18-8-7-17-46(47)35-50(51)49-23-9-10-24-52(49)57-53;40-36-16-8-15-35(26-36)34-14-7-13-33(25-34)29-19-23-32(24-20-29)39-42-37(30-11-5-2-6-12-30)41-38(43-39)31-21-17-28(18-22-31)27-9-3-1-4-10-27;1-22(2)23(3,4)27-24(26-22)21-19-14-16-10-6-5-9-15(16)13-18(19)17-11-7-8-12-20(17)25-21/h1-36H;1-26H;5-14H,1-4H3. The second-order valence-corrected chi connectivity index (χ2v) is 34.6. The molecule has 0 saturated carbocycles. The zero-order valence-corrected chi connectivity index (χ0v) is 73.5. The lowest BCUT2D eigenvalue weighted by Crippen LogP contribution is -2.41. The van der Waals surface area contributed by atoms with Gasteiger partial charge in [-0.25, -0.2) is 34.9 Å². The van der Waals surface area contributed by atoms with Crippen LogP contribution in [-0.4, -0.2) is 58.2 Å². The first-order valence-electron chi connectivity index (χ1n) is 43.8. The molecule has 23 rings (SSSR count). The van der Waals surface area contributed by atoms with E-state index in [4.69, 9.17) is 49.2 Å². The highest BCUT2D eigenvalue weighted by molar-refractivity contribution is 9.10. The minimum atomic E-state index is -0.483. The molecule has 1 aliphatic rings. The fraction of sp³-hybridized carbons (Fsp3) is 0.0508. The summed E-state index contributed by atoms with van der Waals surface area (Å²) < 4.78 is 13.7. The van der Waals surface area contributed by atoms with Gasteiger partial charge in [-0.1, -0.05) is 386 Å². The largest absolute Gasteiger partial charge is 0.515 e. The average Bonchev–Trinajstić information content (AvgIpc) is 1.69. The topological polar surface area (TPSA) is 122 Å². The van der Waals surface area contributed by atoms with E-state index in [9.17, 15) is 0 Å². The summed E-state index contributed by atoms with van der Waals surface area (Å²) in [5.74, 6) is 3.85. The Balaban J connectivity index is 0.000000127. The predicted octanol–water partition coefficient (Wildman–Crippen LogP) is 29.9. The number of halogens is 1. The van der Waals surface area contributed by atoms with Crippen LogP contribution in [0, 0.1) is 0 Å². The molecule has 10 nitrogen and oxygen atoms in total. The van der Waals surface area contributed by atoms with Gasteiger partial charge < -0.3 is 9.31 Å². The molecule has 12 heteroatoms. The Morgan fingerprint density at radius 1 is 0.192 bits per heavy atom. The summed E-state index contributed by atoms with van der Waals surface area (Å²) in [4.78, 5) is 39.9. The van der Waals surface area contributed by atoms with Crippen molar-refractivity contribution in [3.05, 3.63) is 441 Å². The molecular weight excluding hydrogens is 1650 g/mol. The lowest BCUT2D eigenvalue weighted by atomic mass is 9.79. The molecule has 1 fully saturated rings. The van der Waals surface area contributed by atoms with Crippen LogP contribution >= 0.6 is 15.9 Å². The van der Waals surface area contributed by atoms with E-state index < -0.39 is 18.3 Å². The Bertz CT molecular complexity index is 7950. The molecule has 4 aromatic heterocycles. The molecule has 0 amide bonds. The molecule has 22 aromatic rings. The number of aromatic nitrogens is 8. The molecule has 0 radical (unpaired) electrons. The Kier molecular flexibility index (Phi) is 22.1.